The fourth-order valence-corrected chi connectivity index (χ4v) is 2.96. The molecule has 0 aromatic carbocycles. The molecule has 0 saturated carbocycles. The maximum Gasteiger partial charge on any atom is 0.133 e. The average molecular weight is 289 g/mol. The van der Waals surface area contributed by atoms with Crippen LogP contribution in [0.5, 0.6) is 0 Å². The van der Waals surface area contributed by atoms with Gasteiger partial charge >= 0.3 is 0 Å². The smallest absolute Gasteiger partial charge is 0.133 e. The number of anilines is 1. The van der Waals surface area contributed by atoms with Crippen LogP contribution in [0.1, 0.15) is 63.3 Å². The van der Waals surface area contributed by atoms with E-state index in [0.29, 0.717) is 0 Å². The third-order valence-electron chi connectivity index (χ3n) is 4.15. The molecule has 0 atom stereocenters. The highest BCUT2D eigenvalue weighted by Gasteiger charge is 2.19. The molecule has 0 bridgehead atoms. The zero-order valence-corrected chi connectivity index (χ0v) is 14.4. The highest BCUT2D eigenvalue weighted by atomic mass is 15.2. The summed E-state index contributed by atoms with van der Waals surface area (Å²) in [6, 6.07) is 2.21. The molecular formula is C18H31N3. The Hall–Kier alpha value is -1.09. The van der Waals surface area contributed by atoms with E-state index in [1.54, 1.807) is 0 Å². The Balaban J connectivity index is 2.28. The van der Waals surface area contributed by atoms with Crippen molar-refractivity contribution in [3.8, 4) is 0 Å². The van der Waals surface area contributed by atoms with E-state index >= 15 is 0 Å². The number of hydrogen-bond acceptors (Lipinski definition) is 3. The molecule has 1 fully saturated rings. The first-order valence-corrected chi connectivity index (χ1v) is 8.34. The zero-order chi connectivity index (χ0) is 15.5. The van der Waals surface area contributed by atoms with Gasteiger partial charge in [-0.25, -0.2) is 4.98 Å². The van der Waals surface area contributed by atoms with Crippen LogP contribution in [0.15, 0.2) is 6.07 Å². The van der Waals surface area contributed by atoms with Gasteiger partial charge in [0.25, 0.3) is 0 Å². The SMILES string of the molecule is Cc1cc(C)c(CNC(C)(C)C)c(N2CCCCCC2)n1. The van der Waals surface area contributed by atoms with Crippen molar-refractivity contribution in [3.63, 3.8) is 0 Å². The van der Waals surface area contributed by atoms with Gasteiger partial charge in [0, 0.05) is 36.4 Å². The van der Waals surface area contributed by atoms with E-state index in [-0.39, 0.29) is 5.54 Å². The second-order valence-corrected chi connectivity index (χ2v) is 7.39. The van der Waals surface area contributed by atoms with E-state index in [2.05, 4.69) is 50.9 Å². The van der Waals surface area contributed by atoms with Gasteiger partial charge in [-0.15, -0.1) is 0 Å². The highest BCUT2D eigenvalue weighted by molar-refractivity contribution is 5.51. The molecular weight excluding hydrogens is 258 g/mol. The Kier molecular flexibility index (Phi) is 5.26. The molecule has 1 aromatic heterocycles. The van der Waals surface area contributed by atoms with Gasteiger partial charge in [-0.1, -0.05) is 12.8 Å². The summed E-state index contributed by atoms with van der Waals surface area (Å²) in [6.07, 6.45) is 5.30. The molecule has 2 heterocycles. The average Bonchev–Trinajstić information content (AvgIpc) is 2.64. The second-order valence-electron chi connectivity index (χ2n) is 7.39. The summed E-state index contributed by atoms with van der Waals surface area (Å²) in [5.74, 6) is 1.21. The van der Waals surface area contributed by atoms with Gasteiger partial charge < -0.3 is 10.2 Å². The minimum Gasteiger partial charge on any atom is -0.356 e. The minimum absolute atomic E-state index is 0.132. The molecule has 2 rings (SSSR count). The summed E-state index contributed by atoms with van der Waals surface area (Å²) < 4.78 is 0. The van der Waals surface area contributed by atoms with Crippen molar-refractivity contribution in [1.29, 1.82) is 0 Å². The predicted molar refractivity (Wildman–Crippen MR) is 91.0 cm³/mol. The van der Waals surface area contributed by atoms with Crippen LogP contribution in [0.4, 0.5) is 5.82 Å². The summed E-state index contributed by atoms with van der Waals surface area (Å²) in [7, 11) is 0. The number of rotatable bonds is 3. The monoisotopic (exact) mass is 289 g/mol. The van der Waals surface area contributed by atoms with E-state index in [1.807, 2.05) is 0 Å². The van der Waals surface area contributed by atoms with Gasteiger partial charge in [0.2, 0.25) is 0 Å². The summed E-state index contributed by atoms with van der Waals surface area (Å²) in [4.78, 5) is 7.39. The quantitative estimate of drug-likeness (QED) is 0.912. The molecule has 1 aliphatic heterocycles. The first kappa shape index (κ1) is 16.3. The number of nitrogens with zero attached hydrogens (tertiary/aromatic N) is 2. The molecule has 118 valence electrons. The third-order valence-corrected chi connectivity index (χ3v) is 4.15. The molecule has 0 amide bonds. The van der Waals surface area contributed by atoms with Crippen molar-refractivity contribution < 1.29 is 0 Å². The molecule has 1 saturated heterocycles. The molecule has 0 spiro atoms. The van der Waals surface area contributed by atoms with Crippen LogP contribution in [0.25, 0.3) is 0 Å². The van der Waals surface area contributed by atoms with Crippen LogP contribution >= 0.6 is 0 Å². The molecule has 1 aromatic rings. The fourth-order valence-electron chi connectivity index (χ4n) is 2.96. The van der Waals surface area contributed by atoms with E-state index in [9.17, 15) is 0 Å². The largest absolute Gasteiger partial charge is 0.356 e. The van der Waals surface area contributed by atoms with E-state index in [0.717, 1.165) is 25.3 Å². The van der Waals surface area contributed by atoms with Crippen molar-refractivity contribution in [2.75, 3.05) is 18.0 Å². The van der Waals surface area contributed by atoms with Crippen molar-refractivity contribution in [1.82, 2.24) is 10.3 Å². The number of hydrogen-bond donors (Lipinski definition) is 1. The van der Waals surface area contributed by atoms with Gasteiger partial charge in [0.1, 0.15) is 5.82 Å². The summed E-state index contributed by atoms with van der Waals surface area (Å²) in [5, 5.41) is 3.63. The van der Waals surface area contributed by atoms with Crippen LogP contribution in [-0.2, 0) is 6.54 Å². The number of aryl methyl sites for hydroxylation is 2. The minimum atomic E-state index is 0.132. The standard InChI is InChI=1S/C18H31N3/c1-14-12-15(2)20-17(16(14)13-19-18(3,4)5)21-10-8-6-7-9-11-21/h12,19H,6-11,13H2,1-5H3. The number of nitrogens with one attached hydrogen (secondary N) is 1. The third kappa shape index (κ3) is 4.70. The maximum absolute atomic E-state index is 4.89. The summed E-state index contributed by atoms with van der Waals surface area (Å²) >= 11 is 0. The van der Waals surface area contributed by atoms with Crippen molar-refractivity contribution in [2.45, 2.75) is 72.4 Å². The molecule has 3 heteroatoms. The molecule has 3 nitrogen and oxygen atoms in total. The van der Waals surface area contributed by atoms with Gasteiger partial charge in [-0.05, 0) is 59.1 Å². The van der Waals surface area contributed by atoms with Crippen molar-refractivity contribution >= 4 is 5.82 Å². The van der Waals surface area contributed by atoms with E-state index < -0.39 is 0 Å². The lowest BCUT2D eigenvalue weighted by atomic mass is 10.0. The Morgan fingerprint density at radius 1 is 1.10 bits per heavy atom. The molecule has 1 N–H and O–H groups in total. The van der Waals surface area contributed by atoms with Crippen LogP contribution in [0.3, 0.4) is 0 Å². The van der Waals surface area contributed by atoms with Crippen LogP contribution in [0.2, 0.25) is 0 Å². The molecule has 0 unspecified atom stereocenters. The summed E-state index contributed by atoms with van der Waals surface area (Å²) in [6.45, 7) is 14.2. The summed E-state index contributed by atoms with van der Waals surface area (Å²) in [5.41, 5.74) is 4.00. The molecule has 1 aliphatic rings. The highest BCUT2D eigenvalue weighted by Crippen LogP contribution is 2.25. The van der Waals surface area contributed by atoms with Crippen LogP contribution in [-0.4, -0.2) is 23.6 Å². The predicted octanol–water partition coefficient (Wildman–Crippen LogP) is 3.97. The topological polar surface area (TPSA) is 28.2 Å². The lowest BCUT2D eigenvalue weighted by Gasteiger charge is -2.28. The first-order valence-electron chi connectivity index (χ1n) is 8.34. The van der Waals surface area contributed by atoms with Gasteiger partial charge in [0.05, 0.1) is 0 Å². The Labute approximate surface area is 130 Å². The van der Waals surface area contributed by atoms with Crippen molar-refractivity contribution in [3.05, 3.63) is 22.9 Å². The second kappa shape index (κ2) is 6.78. The maximum atomic E-state index is 4.89. The molecule has 0 radical (unpaired) electrons. The fraction of sp³-hybridized carbons (Fsp3) is 0.722. The Morgan fingerprint density at radius 2 is 1.71 bits per heavy atom. The van der Waals surface area contributed by atoms with E-state index in [4.69, 9.17) is 4.98 Å². The zero-order valence-electron chi connectivity index (χ0n) is 14.4. The van der Waals surface area contributed by atoms with E-state index in [1.165, 1.54) is 42.6 Å². The van der Waals surface area contributed by atoms with Gasteiger partial charge in [-0.2, -0.15) is 0 Å². The molecule has 21 heavy (non-hydrogen) atoms. The lowest BCUT2D eigenvalue weighted by Crippen LogP contribution is -2.36. The Bertz CT molecular complexity index is 466. The van der Waals surface area contributed by atoms with Gasteiger partial charge in [-0.3, -0.25) is 0 Å². The van der Waals surface area contributed by atoms with Gasteiger partial charge in [0.15, 0.2) is 0 Å². The first-order chi connectivity index (χ1) is 9.87. The Morgan fingerprint density at radius 3 is 2.29 bits per heavy atom. The van der Waals surface area contributed by atoms with Crippen LogP contribution < -0.4 is 10.2 Å². The normalized spacial score (nSPS) is 16.9. The number of aromatic nitrogens is 1. The van der Waals surface area contributed by atoms with Crippen molar-refractivity contribution in [2.24, 2.45) is 0 Å². The number of pyridine rings is 1. The lowest BCUT2D eigenvalue weighted by molar-refractivity contribution is 0.423. The molecule has 0 aliphatic carbocycles. The van der Waals surface area contributed by atoms with Crippen LogP contribution in [0, 0.1) is 13.8 Å².